The minimum atomic E-state index is -2.57. The molecule has 0 unspecified atom stereocenters. The number of aromatic nitrogens is 4. The highest BCUT2D eigenvalue weighted by Gasteiger charge is 2.35. The highest BCUT2D eigenvalue weighted by atomic mass is 19.3. The van der Waals surface area contributed by atoms with E-state index >= 15 is 0 Å². The summed E-state index contributed by atoms with van der Waals surface area (Å²) in [5.74, 6) is -1.75. The third kappa shape index (κ3) is 3.42. The fourth-order valence-electron chi connectivity index (χ4n) is 4.05. The molecule has 4 aromatic rings. The number of halogens is 2. The number of fused-ring (bicyclic) bond motifs is 2. The van der Waals surface area contributed by atoms with Gasteiger partial charge in [0.2, 0.25) is 17.8 Å². The third-order valence-corrected chi connectivity index (χ3v) is 5.66. The molecule has 1 saturated carbocycles. The van der Waals surface area contributed by atoms with Gasteiger partial charge in [0.1, 0.15) is 5.65 Å². The van der Waals surface area contributed by atoms with Crippen molar-refractivity contribution in [2.45, 2.75) is 37.6 Å². The van der Waals surface area contributed by atoms with E-state index in [9.17, 15) is 8.78 Å². The molecule has 5 rings (SSSR count). The van der Waals surface area contributed by atoms with Crippen molar-refractivity contribution >= 4 is 27.9 Å². The summed E-state index contributed by atoms with van der Waals surface area (Å²) in [7, 11) is 1.56. The number of alkyl halides is 2. The molecule has 6 nitrogen and oxygen atoms in total. The standard InChI is InChI=1S/C22H21F2N5O/c1-30-20-18-16(13-4-5-17-14(11-13)3-2-10-25-17)12-26-19(18)28-21(29-20)27-15-6-8-22(23,24)9-7-15/h2-5,10-12,15H,6-9H2,1H3,(H2,26,27,28,29). The summed E-state index contributed by atoms with van der Waals surface area (Å²) in [6.07, 6.45) is 4.19. The minimum absolute atomic E-state index is 0.0748. The van der Waals surface area contributed by atoms with E-state index in [0.29, 0.717) is 30.3 Å². The van der Waals surface area contributed by atoms with Crippen LogP contribution in [0.1, 0.15) is 25.7 Å². The first-order valence-electron chi connectivity index (χ1n) is 9.95. The monoisotopic (exact) mass is 409 g/mol. The number of nitrogens with zero attached hydrogens (tertiary/aromatic N) is 3. The molecule has 2 N–H and O–H groups in total. The molecule has 0 amide bonds. The zero-order valence-electron chi connectivity index (χ0n) is 16.5. The fraction of sp³-hybridized carbons (Fsp3) is 0.318. The van der Waals surface area contributed by atoms with Crippen LogP contribution in [-0.4, -0.2) is 39.0 Å². The Morgan fingerprint density at radius 2 is 2.00 bits per heavy atom. The maximum Gasteiger partial charge on any atom is 0.248 e. The number of rotatable bonds is 4. The molecule has 0 spiro atoms. The van der Waals surface area contributed by atoms with E-state index in [1.807, 2.05) is 30.5 Å². The van der Waals surface area contributed by atoms with Crippen LogP contribution in [0.25, 0.3) is 33.1 Å². The Balaban J connectivity index is 1.49. The molecule has 0 saturated heterocycles. The Labute approximate surface area is 171 Å². The molecule has 0 atom stereocenters. The summed E-state index contributed by atoms with van der Waals surface area (Å²) in [6, 6.07) is 9.90. The summed E-state index contributed by atoms with van der Waals surface area (Å²) in [5, 5.41) is 5.01. The van der Waals surface area contributed by atoms with Crippen molar-refractivity contribution in [2.24, 2.45) is 0 Å². The van der Waals surface area contributed by atoms with Crippen molar-refractivity contribution in [3.63, 3.8) is 0 Å². The Morgan fingerprint density at radius 1 is 1.17 bits per heavy atom. The van der Waals surface area contributed by atoms with Crippen LogP contribution in [0.5, 0.6) is 5.88 Å². The van der Waals surface area contributed by atoms with Crippen molar-refractivity contribution in [1.29, 1.82) is 0 Å². The van der Waals surface area contributed by atoms with Gasteiger partial charge in [-0.3, -0.25) is 4.98 Å². The topological polar surface area (TPSA) is 75.7 Å². The van der Waals surface area contributed by atoms with Gasteiger partial charge in [0.25, 0.3) is 0 Å². The van der Waals surface area contributed by atoms with E-state index in [-0.39, 0.29) is 18.9 Å². The molecule has 154 valence electrons. The van der Waals surface area contributed by atoms with Crippen molar-refractivity contribution in [3.05, 3.63) is 42.7 Å². The average Bonchev–Trinajstić information content (AvgIpc) is 3.18. The molecule has 8 heteroatoms. The minimum Gasteiger partial charge on any atom is -0.480 e. The van der Waals surface area contributed by atoms with Crippen LogP contribution in [0.3, 0.4) is 0 Å². The number of nitrogens with one attached hydrogen (secondary N) is 2. The van der Waals surface area contributed by atoms with Crippen molar-refractivity contribution in [2.75, 3.05) is 12.4 Å². The smallest absolute Gasteiger partial charge is 0.248 e. The van der Waals surface area contributed by atoms with Crippen LogP contribution in [-0.2, 0) is 0 Å². The van der Waals surface area contributed by atoms with Gasteiger partial charge in [0.15, 0.2) is 0 Å². The third-order valence-electron chi connectivity index (χ3n) is 5.66. The maximum absolute atomic E-state index is 13.4. The molecule has 30 heavy (non-hydrogen) atoms. The van der Waals surface area contributed by atoms with Crippen molar-refractivity contribution < 1.29 is 13.5 Å². The van der Waals surface area contributed by atoms with Crippen LogP contribution in [0, 0.1) is 0 Å². The van der Waals surface area contributed by atoms with Gasteiger partial charge in [-0.05, 0) is 36.6 Å². The van der Waals surface area contributed by atoms with Crippen molar-refractivity contribution in [1.82, 2.24) is 19.9 Å². The number of ether oxygens (including phenoxy) is 1. The molecule has 3 aromatic heterocycles. The van der Waals surface area contributed by atoms with Crippen LogP contribution in [0.2, 0.25) is 0 Å². The van der Waals surface area contributed by atoms with Gasteiger partial charge >= 0.3 is 0 Å². The van der Waals surface area contributed by atoms with Gasteiger partial charge in [0.05, 0.1) is 18.0 Å². The van der Waals surface area contributed by atoms with Gasteiger partial charge in [-0.25, -0.2) is 8.78 Å². The lowest BCUT2D eigenvalue weighted by Crippen LogP contribution is -2.32. The molecule has 0 aliphatic heterocycles. The maximum atomic E-state index is 13.4. The first-order chi connectivity index (χ1) is 14.5. The molecule has 1 fully saturated rings. The molecular weight excluding hydrogens is 388 g/mol. The number of anilines is 1. The second-order valence-corrected chi connectivity index (χ2v) is 7.67. The average molecular weight is 409 g/mol. The fourth-order valence-corrected chi connectivity index (χ4v) is 4.05. The van der Waals surface area contributed by atoms with Crippen LogP contribution in [0.4, 0.5) is 14.7 Å². The second-order valence-electron chi connectivity index (χ2n) is 7.67. The number of pyridine rings is 1. The normalized spacial score (nSPS) is 16.8. The van der Waals surface area contributed by atoms with E-state index < -0.39 is 5.92 Å². The van der Waals surface area contributed by atoms with Gasteiger partial charge in [-0.2, -0.15) is 9.97 Å². The summed E-state index contributed by atoms with van der Waals surface area (Å²) in [5.41, 5.74) is 3.48. The zero-order valence-corrected chi connectivity index (χ0v) is 16.5. The molecule has 3 heterocycles. The summed E-state index contributed by atoms with van der Waals surface area (Å²) in [4.78, 5) is 16.6. The number of hydrogen-bond donors (Lipinski definition) is 2. The van der Waals surface area contributed by atoms with Gasteiger partial charge in [-0.1, -0.05) is 12.1 Å². The Hall–Kier alpha value is -3.29. The first-order valence-corrected chi connectivity index (χ1v) is 9.95. The first kappa shape index (κ1) is 18.7. The highest BCUT2D eigenvalue weighted by molar-refractivity contribution is 5.99. The van der Waals surface area contributed by atoms with E-state index in [0.717, 1.165) is 27.4 Å². The molecule has 1 aliphatic rings. The van der Waals surface area contributed by atoms with Gasteiger partial charge in [-0.15, -0.1) is 0 Å². The molecule has 1 aliphatic carbocycles. The molecular formula is C22H21F2N5O. The van der Waals surface area contributed by atoms with Gasteiger partial charge < -0.3 is 15.0 Å². The number of H-pyrrole nitrogens is 1. The van der Waals surface area contributed by atoms with Gasteiger partial charge in [0, 0.05) is 42.2 Å². The van der Waals surface area contributed by atoms with E-state index in [1.165, 1.54) is 0 Å². The summed E-state index contributed by atoms with van der Waals surface area (Å²) < 4.78 is 32.4. The number of hydrogen-bond acceptors (Lipinski definition) is 5. The largest absolute Gasteiger partial charge is 0.480 e. The lowest BCUT2D eigenvalue weighted by molar-refractivity contribution is -0.0361. The van der Waals surface area contributed by atoms with E-state index in [2.05, 4.69) is 31.3 Å². The SMILES string of the molecule is COc1nc(NC2CCC(F)(F)CC2)nc2[nH]cc(-c3ccc4ncccc4c3)c12. The van der Waals surface area contributed by atoms with Crippen LogP contribution < -0.4 is 10.1 Å². The van der Waals surface area contributed by atoms with Crippen molar-refractivity contribution in [3.8, 4) is 17.0 Å². The van der Waals surface area contributed by atoms with E-state index in [4.69, 9.17) is 4.74 Å². The number of benzene rings is 1. The molecule has 0 radical (unpaired) electrons. The van der Waals surface area contributed by atoms with Crippen LogP contribution >= 0.6 is 0 Å². The quantitative estimate of drug-likeness (QED) is 0.486. The Bertz CT molecular complexity index is 1210. The predicted molar refractivity (Wildman–Crippen MR) is 112 cm³/mol. The van der Waals surface area contributed by atoms with E-state index in [1.54, 1.807) is 13.3 Å². The van der Waals surface area contributed by atoms with Crippen LogP contribution in [0.15, 0.2) is 42.7 Å². The molecule has 0 bridgehead atoms. The summed E-state index contributed by atoms with van der Waals surface area (Å²) >= 11 is 0. The number of aromatic amines is 1. The lowest BCUT2D eigenvalue weighted by Gasteiger charge is -2.28. The predicted octanol–water partition coefficient (Wildman–Crippen LogP) is 5.17. The lowest BCUT2D eigenvalue weighted by atomic mass is 9.92. The highest BCUT2D eigenvalue weighted by Crippen LogP contribution is 2.37. The Kier molecular flexibility index (Phi) is 4.49. The second kappa shape index (κ2) is 7.19. The molecule has 1 aromatic carbocycles. The zero-order chi connectivity index (χ0) is 20.7. The summed E-state index contributed by atoms with van der Waals surface area (Å²) in [6.45, 7) is 0. The number of methoxy groups -OCH3 is 1. The Morgan fingerprint density at radius 3 is 2.80 bits per heavy atom.